The molecule has 1 saturated heterocycles. The predicted octanol–water partition coefficient (Wildman–Crippen LogP) is 3.00. The third-order valence-corrected chi connectivity index (χ3v) is 4.57. The lowest BCUT2D eigenvalue weighted by molar-refractivity contribution is 0.0580. The molecule has 0 atom stereocenters. The molecular formula is C15H30IN3O. The maximum absolute atomic E-state index is 6.14. The molecule has 0 bridgehead atoms. The molecule has 4 nitrogen and oxygen atoms in total. The molecule has 5 heteroatoms. The summed E-state index contributed by atoms with van der Waals surface area (Å²) in [5.41, 5.74) is 6.14. The van der Waals surface area contributed by atoms with Crippen molar-refractivity contribution in [2.24, 2.45) is 16.6 Å². The third kappa shape index (κ3) is 5.76. The first kappa shape index (κ1) is 18.0. The molecule has 118 valence electrons. The standard InChI is InChI=1S/C15H29N3O.HI/c1-19-14-8-6-13(7-9-14)12-17-15(16)18-10-4-2-3-5-11-18;/h13-14H,2-12H2,1H3,(H2,16,17);1H. The van der Waals surface area contributed by atoms with E-state index in [4.69, 9.17) is 10.5 Å². The summed E-state index contributed by atoms with van der Waals surface area (Å²) in [6.07, 6.45) is 10.5. The maximum Gasteiger partial charge on any atom is 0.191 e. The molecule has 0 aromatic heterocycles. The first-order chi connectivity index (χ1) is 9.29. The predicted molar refractivity (Wildman–Crippen MR) is 94.7 cm³/mol. The van der Waals surface area contributed by atoms with Crippen LogP contribution in [0.5, 0.6) is 0 Å². The molecular weight excluding hydrogens is 365 g/mol. The summed E-state index contributed by atoms with van der Waals surface area (Å²) >= 11 is 0. The maximum atomic E-state index is 6.14. The van der Waals surface area contributed by atoms with Gasteiger partial charge in [-0.15, -0.1) is 24.0 Å². The molecule has 2 aliphatic rings. The summed E-state index contributed by atoms with van der Waals surface area (Å²) in [7, 11) is 1.82. The van der Waals surface area contributed by atoms with Gasteiger partial charge in [0.15, 0.2) is 5.96 Å². The lowest BCUT2D eigenvalue weighted by Gasteiger charge is -2.27. The van der Waals surface area contributed by atoms with Crippen LogP contribution in [0.15, 0.2) is 4.99 Å². The molecule has 2 fully saturated rings. The van der Waals surface area contributed by atoms with Gasteiger partial charge < -0.3 is 15.4 Å². The molecule has 0 amide bonds. The molecule has 0 spiro atoms. The molecule has 1 heterocycles. The smallest absolute Gasteiger partial charge is 0.191 e. The molecule has 0 unspecified atom stereocenters. The van der Waals surface area contributed by atoms with Crippen molar-refractivity contribution in [3.05, 3.63) is 0 Å². The van der Waals surface area contributed by atoms with Gasteiger partial charge >= 0.3 is 0 Å². The third-order valence-electron chi connectivity index (χ3n) is 4.57. The average Bonchev–Trinajstić information content (AvgIpc) is 2.74. The number of guanidine groups is 1. The highest BCUT2D eigenvalue weighted by molar-refractivity contribution is 14.0. The SMILES string of the molecule is COC1CCC(CN=C(N)N2CCCCCC2)CC1.I. The number of aliphatic imine (C=N–C) groups is 1. The van der Waals surface area contributed by atoms with Crippen LogP contribution in [0.2, 0.25) is 0 Å². The Kier molecular flexibility index (Phi) is 8.84. The Morgan fingerprint density at radius 3 is 2.25 bits per heavy atom. The minimum atomic E-state index is 0. The van der Waals surface area contributed by atoms with Crippen molar-refractivity contribution < 1.29 is 4.74 Å². The van der Waals surface area contributed by atoms with Crippen LogP contribution in [0.25, 0.3) is 0 Å². The monoisotopic (exact) mass is 395 g/mol. The minimum Gasteiger partial charge on any atom is -0.381 e. The minimum absolute atomic E-state index is 0. The fourth-order valence-electron chi connectivity index (χ4n) is 3.17. The summed E-state index contributed by atoms with van der Waals surface area (Å²) in [4.78, 5) is 6.92. The molecule has 1 saturated carbocycles. The van der Waals surface area contributed by atoms with E-state index in [1.54, 1.807) is 0 Å². The number of hydrogen-bond donors (Lipinski definition) is 1. The zero-order valence-corrected chi connectivity index (χ0v) is 15.1. The van der Waals surface area contributed by atoms with Crippen molar-refractivity contribution >= 4 is 29.9 Å². The number of rotatable bonds is 3. The Morgan fingerprint density at radius 2 is 1.70 bits per heavy atom. The highest BCUT2D eigenvalue weighted by Gasteiger charge is 2.20. The van der Waals surface area contributed by atoms with E-state index < -0.39 is 0 Å². The van der Waals surface area contributed by atoms with Crippen molar-refractivity contribution in [2.45, 2.75) is 57.5 Å². The van der Waals surface area contributed by atoms with Gasteiger partial charge in [-0.3, -0.25) is 4.99 Å². The quantitative estimate of drug-likeness (QED) is 0.454. The van der Waals surface area contributed by atoms with Crippen LogP contribution < -0.4 is 5.73 Å². The van der Waals surface area contributed by atoms with Crippen LogP contribution >= 0.6 is 24.0 Å². The highest BCUT2D eigenvalue weighted by atomic mass is 127. The van der Waals surface area contributed by atoms with Crippen molar-refractivity contribution in [2.75, 3.05) is 26.7 Å². The Balaban J connectivity index is 0.00000200. The molecule has 1 aliphatic carbocycles. The molecule has 20 heavy (non-hydrogen) atoms. The number of hydrogen-bond acceptors (Lipinski definition) is 2. The average molecular weight is 395 g/mol. The van der Waals surface area contributed by atoms with Crippen LogP contribution in [-0.4, -0.2) is 43.7 Å². The van der Waals surface area contributed by atoms with Gasteiger partial charge in [0.1, 0.15) is 0 Å². The molecule has 1 aliphatic heterocycles. The van der Waals surface area contributed by atoms with Gasteiger partial charge in [0.05, 0.1) is 6.10 Å². The summed E-state index contributed by atoms with van der Waals surface area (Å²) in [6, 6.07) is 0. The summed E-state index contributed by atoms with van der Waals surface area (Å²) < 4.78 is 5.41. The van der Waals surface area contributed by atoms with Gasteiger partial charge in [-0.05, 0) is 44.4 Å². The Labute approximate surface area is 140 Å². The fourth-order valence-corrected chi connectivity index (χ4v) is 3.17. The number of nitrogens with zero attached hydrogens (tertiary/aromatic N) is 2. The van der Waals surface area contributed by atoms with E-state index in [2.05, 4.69) is 9.89 Å². The van der Waals surface area contributed by atoms with Crippen molar-refractivity contribution in [3.8, 4) is 0 Å². The summed E-state index contributed by atoms with van der Waals surface area (Å²) in [5, 5.41) is 0. The van der Waals surface area contributed by atoms with Crippen LogP contribution in [0.1, 0.15) is 51.4 Å². The van der Waals surface area contributed by atoms with Gasteiger partial charge in [-0.25, -0.2) is 0 Å². The van der Waals surface area contributed by atoms with Crippen LogP contribution in [0.4, 0.5) is 0 Å². The fraction of sp³-hybridized carbons (Fsp3) is 0.933. The van der Waals surface area contributed by atoms with Gasteiger partial charge in [0.2, 0.25) is 0 Å². The Bertz CT molecular complexity index is 283. The second kappa shape index (κ2) is 9.82. The van der Waals surface area contributed by atoms with Crippen LogP contribution in [0.3, 0.4) is 0 Å². The highest BCUT2D eigenvalue weighted by Crippen LogP contribution is 2.26. The van der Waals surface area contributed by atoms with E-state index in [1.165, 1.54) is 51.4 Å². The zero-order chi connectivity index (χ0) is 13.5. The second-order valence-corrected chi connectivity index (χ2v) is 5.98. The van der Waals surface area contributed by atoms with Gasteiger partial charge in [-0.1, -0.05) is 12.8 Å². The lowest BCUT2D eigenvalue weighted by atomic mass is 9.87. The number of likely N-dealkylation sites (tertiary alicyclic amines) is 1. The Hall–Kier alpha value is -0.0400. The number of nitrogens with two attached hydrogens (primary N) is 1. The molecule has 0 aromatic rings. The van der Waals surface area contributed by atoms with Crippen LogP contribution in [-0.2, 0) is 4.74 Å². The summed E-state index contributed by atoms with van der Waals surface area (Å²) in [6.45, 7) is 3.08. The number of halogens is 1. The zero-order valence-electron chi connectivity index (χ0n) is 12.7. The van der Waals surface area contributed by atoms with E-state index >= 15 is 0 Å². The van der Waals surface area contributed by atoms with Crippen molar-refractivity contribution in [1.82, 2.24) is 4.90 Å². The first-order valence-corrected chi connectivity index (χ1v) is 7.87. The number of methoxy groups -OCH3 is 1. The van der Waals surface area contributed by atoms with Gasteiger partial charge in [0.25, 0.3) is 0 Å². The second-order valence-electron chi connectivity index (χ2n) is 5.98. The molecule has 2 N–H and O–H groups in total. The van der Waals surface area contributed by atoms with Crippen LogP contribution in [0, 0.1) is 5.92 Å². The van der Waals surface area contributed by atoms with E-state index in [9.17, 15) is 0 Å². The summed E-state index contributed by atoms with van der Waals surface area (Å²) in [5.74, 6) is 1.48. The van der Waals surface area contributed by atoms with Crippen molar-refractivity contribution in [1.29, 1.82) is 0 Å². The van der Waals surface area contributed by atoms with Gasteiger partial charge in [-0.2, -0.15) is 0 Å². The number of ether oxygens (including phenoxy) is 1. The van der Waals surface area contributed by atoms with E-state index in [-0.39, 0.29) is 24.0 Å². The van der Waals surface area contributed by atoms with E-state index in [0.29, 0.717) is 12.0 Å². The molecule has 0 aromatic carbocycles. The topological polar surface area (TPSA) is 50.9 Å². The first-order valence-electron chi connectivity index (χ1n) is 7.87. The largest absolute Gasteiger partial charge is 0.381 e. The normalized spacial score (nSPS) is 28.6. The Morgan fingerprint density at radius 1 is 1.10 bits per heavy atom. The van der Waals surface area contributed by atoms with Gasteiger partial charge in [0, 0.05) is 26.7 Å². The lowest BCUT2D eigenvalue weighted by Crippen LogP contribution is -2.38. The van der Waals surface area contributed by atoms with Crippen molar-refractivity contribution in [3.63, 3.8) is 0 Å². The molecule has 0 radical (unpaired) electrons. The van der Waals surface area contributed by atoms with E-state index in [0.717, 1.165) is 25.6 Å². The van der Waals surface area contributed by atoms with E-state index in [1.807, 2.05) is 7.11 Å². The molecule has 2 rings (SSSR count).